The van der Waals surface area contributed by atoms with E-state index in [4.69, 9.17) is 4.74 Å². The van der Waals surface area contributed by atoms with E-state index in [2.05, 4.69) is 17.2 Å². The zero-order chi connectivity index (χ0) is 25.8. The molecule has 196 valence electrons. The van der Waals surface area contributed by atoms with Gasteiger partial charge in [0.2, 0.25) is 10.0 Å². The zero-order valence-electron chi connectivity index (χ0n) is 21.9. The lowest BCUT2D eigenvalue weighted by Crippen LogP contribution is -2.29. The molecule has 2 aromatic rings. The Balaban J connectivity index is 1.72. The molecule has 0 amide bonds. The van der Waals surface area contributed by atoms with Gasteiger partial charge in [0.25, 0.3) is 0 Å². The van der Waals surface area contributed by atoms with Crippen molar-refractivity contribution in [2.75, 3.05) is 17.1 Å². The van der Waals surface area contributed by atoms with E-state index in [0.717, 1.165) is 44.3 Å². The molecule has 0 aliphatic rings. The first-order valence-electron chi connectivity index (χ1n) is 12.7. The van der Waals surface area contributed by atoms with Crippen LogP contribution in [0.3, 0.4) is 0 Å². The Morgan fingerprint density at radius 3 is 2.43 bits per heavy atom. The zero-order valence-corrected chi connectivity index (χ0v) is 22.8. The van der Waals surface area contributed by atoms with Crippen molar-refractivity contribution >= 4 is 21.5 Å². The molecule has 2 rings (SSSR count). The second-order valence-corrected chi connectivity index (χ2v) is 11.8. The van der Waals surface area contributed by atoms with Crippen LogP contribution in [0.15, 0.2) is 30.5 Å². The predicted molar refractivity (Wildman–Crippen MR) is 140 cm³/mol. The highest BCUT2D eigenvalue weighted by molar-refractivity contribution is 7.92. The molecule has 1 unspecified atom stereocenters. The molecule has 1 aromatic heterocycles. The monoisotopic (exact) mass is 506 g/mol. The van der Waals surface area contributed by atoms with E-state index in [-0.39, 0.29) is 11.7 Å². The maximum atomic E-state index is 12.5. The number of ketones is 1. The van der Waals surface area contributed by atoms with Crippen LogP contribution in [-0.4, -0.2) is 42.0 Å². The maximum absolute atomic E-state index is 12.5. The highest BCUT2D eigenvalue weighted by atomic mass is 32.2. The van der Waals surface area contributed by atoms with Crippen LogP contribution in [0.25, 0.3) is 0 Å². The van der Waals surface area contributed by atoms with Crippen LogP contribution in [0.4, 0.5) is 5.69 Å². The van der Waals surface area contributed by atoms with Crippen molar-refractivity contribution in [2.24, 2.45) is 11.8 Å². The number of hydrogen-bond donors (Lipinski definition) is 0. The highest BCUT2D eigenvalue weighted by Gasteiger charge is 2.18. The van der Waals surface area contributed by atoms with Gasteiger partial charge in [0.05, 0.1) is 17.6 Å². The molecule has 8 nitrogen and oxygen atoms in total. The van der Waals surface area contributed by atoms with E-state index in [9.17, 15) is 13.2 Å². The van der Waals surface area contributed by atoms with E-state index < -0.39 is 10.0 Å². The lowest BCUT2D eigenvalue weighted by Gasteiger charge is -2.20. The number of aromatic nitrogens is 3. The van der Waals surface area contributed by atoms with E-state index in [1.165, 1.54) is 4.31 Å². The van der Waals surface area contributed by atoms with Gasteiger partial charge in [-0.3, -0.25) is 13.8 Å². The summed E-state index contributed by atoms with van der Waals surface area (Å²) in [6, 6.07) is 7.02. The fourth-order valence-corrected chi connectivity index (χ4v) is 4.99. The number of aryl methyl sites for hydroxylation is 1. The number of anilines is 1. The molecule has 0 saturated heterocycles. The molecule has 0 spiro atoms. The number of carbonyl (C=O) groups excluding carboxylic acids is 1. The van der Waals surface area contributed by atoms with Gasteiger partial charge >= 0.3 is 0 Å². The molecular formula is C26H42N4O4S. The van der Waals surface area contributed by atoms with Crippen molar-refractivity contribution in [3.8, 4) is 5.75 Å². The van der Waals surface area contributed by atoms with Crippen LogP contribution in [0, 0.1) is 11.8 Å². The molecule has 0 bridgehead atoms. The van der Waals surface area contributed by atoms with Crippen molar-refractivity contribution in [3.63, 3.8) is 0 Å². The minimum absolute atomic E-state index is 0.132. The average molecular weight is 507 g/mol. The quantitative estimate of drug-likeness (QED) is 0.273. The van der Waals surface area contributed by atoms with Crippen molar-refractivity contribution in [2.45, 2.75) is 85.8 Å². The fraction of sp³-hybridized carbons (Fsp3) is 0.654. The molecule has 0 radical (unpaired) electrons. The number of ether oxygens (including phenoxy) is 1. The number of benzene rings is 1. The molecule has 0 aliphatic heterocycles. The number of nitrogens with zero attached hydrogens (tertiary/aromatic N) is 4. The van der Waals surface area contributed by atoms with E-state index >= 15 is 0 Å². The number of unbranched alkanes of at least 4 members (excludes halogenated alkanes) is 3. The van der Waals surface area contributed by atoms with Gasteiger partial charge in [0.15, 0.2) is 0 Å². The summed E-state index contributed by atoms with van der Waals surface area (Å²) in [5.74, 6) is 1.67. The van der Waals surface area contributed by atoms with Crippen molar-refractivity contribution in [1.29, 1.82) is 0 Å². The lowest BCUT2D eigenvalue weighted by atomic mass is 9.98. The lowest BCUT2D eigenvalue weighted by molar-refractivity contribution is -0.122. The number of sulfonamides is 1. The van der Waals surface area contributed by atoms with Gasteiger partial charge in [-0.15, -0.1) is 5.10 Å². The molecule has 0 fully saturated rings. The topological polar surface area (TPSA) is 94.4 Å². The summed E-state index contributed by atoms with van der Waals surface area (Å²) in [4.78, 5) is 11.9. The first-order valence-corrected chi connectivity index (χ1v) is 14.3. The molecule has 1 heterocycles. The maximum Gasteiger partial charge on any atom is 0.234 e. The molecule has 0 N–H and O–H groups in total. The van der Waals surface area contributed by atoms with Gasteiger partial charge in [-0.25, -0.2) is 8.42 Å². The highest BCUT2D eigenvalue weighted by Crippen LogP contribution is 2.22. The SMILES string of the molecule is CCC(C)C(=O)CCCCCCn1cc(COc2ccc(N(C)S(=O)(=O)CCC(C)C)cc2)nn1. The van der Waals surface area contributed by atoms with Crippen molar-refractivity contribution in [1.82, 2.24) is 15.0 Å². The van der Waals surface area contributed by atoms with Gasteiger partial charge < -0.3 is 4.74 Å². The third-order valence-electron chi connectivity index (χ3n) is 6.27. The summed E-state index contributed by atoms with van der Waals surface area (Å²) >= 11 is 0. The summed E-state index contributed by atoms with van der Waals surface area (Å²) < 4.78 is 33.9. The predicted octanol–water partition coefficient (Wildman–Crippen LogP) is 5.23. The molecule has 9 heteroatoms. The van der Waals surface area contributed by atoms with Crippen LogP contribution in [0.2, 0.25) is 0 Å². The second-order valence-electron chi connectivity index (χ2n) is 9.66. The molecule has 0 saturated carbocycles. The van der Waals surface area contributed by atoms with Crippen LogP contribution in [-0.2, 0) is 28.0 Å². The number of rotatable bonds is 17. The van der Waals surface area contributed by atoms with Gasteiger partial charge in [0.1, 0.15) is 23.8 Å². The average Bonchev–Trinajstić information content (AvgIpc) is 3.30. The van der Waals surface area contributed by atoms with Crippen LogP contribution in [0.1, 0.15) is 78.3 Å². The third-order valence-corrected chi connectivity index (χ3v) is 8.06. The summed E-state index contributed by atoms with van der Waals surface area (Å²) in [5.41, 5.74) is 1.35. The van der Waals surface area contributed by atoms with Gasteiger partial charge in [-0.1, -0.05) is 45.7 Å². The van der Waals surface area contributed by atoms with E-state index in [1.807, 2.05) is 31.6 Å². The summed E-state index contributed by atoms with van der Waals surface area (Å²) in [7, 11) is -1.76. The molecule has 1 aromatic carbocycles. The number of hydrogen-bond acceptors (Lipinski definition) is 6. The van der Waals surface area contributed by atoms with Gasteiger partial charge in [-0.05, 0) is 55.9 Å². The van der Waals surface area contributed by atoms with Crippen LogP contribution < -0.4 is 9.04 Å². The number of carbonyl (C=O) groups is 1. The number of Topliss-reactive ketones (excluding diaryl/α,β-unsaturated/α-hetero) is 1. The third kappa shape index (κ3) is 9.99. The molecule has 1 atom stereocenters. The first kappa shape index (κ1) is 28.8. The second kappa shape index (κ2) is 14.2. The minimum atomic E-state index is -3.34. The van der Waals surface area contributed by atoms with Crippen molar-refractivity contribution < 1.29 is 17.9 Å². The van der Waals surface area contributed by atoms with Gasteiger partial charge in [-0.2, -0.15) is 0 Å². The Kier molecular flexibility index (Phi) is 11.7. The van der Waals surface area contributed by atoms with Crippen LogP contribution >= 0.6 is 0 Å². The van der Waals surface area contributed by atoms with Gasteiger partial charge in [0, 0.05) is 25.9 Å². The fourth-order valence-electron chi connectivity index (χ4n) is 3.51. The Labute approximate surface area is 211 Å². The summed E-state index contributed by atoms with van der Waals surface area (Å²) in [5, 5.41) is 8.33. The van der Waals surface area contributed by atoms with Crippen molar-refractivity contribution in [3.05, 3.63) is 36.2 Å². The Bertz CT molecular complexity index is 1000. The Morgan fingerprint density at radius 2 is 1.77 bits per heavy atom. The first-order chi connectivity index (χ1) is 16.6. The van der Waals surface area contributed by atoms with E-state index in [1.54, 1.807) is 31.3 Å². The van der Waals surface area contributed by atoms with E-state index in [0.29, 0.717) is 42.6 Å². The molecule has 35 heavy (non-hydrogen) atoms. The summed E-state index contributed by atoms with van der Waals surface area (Å²) in [6.45, 7) is 9.17. The minimum Gasteiger partial charge on any atom is -0.487 e. The standard InChI is InChI=1S/C26H42N4O4S/c1-6-22(4)26(31)11-9-7-8-10-17-30-19-23(27-28-30)20-34-25-14-12-24(13-15-25)29(5)35(32,33)18-16-21(2)3/h12-15,19,21-22H,6-11,16-18,20H2,1-5H3. The normalized spacial score (nSPS) is 12.6. The molecular weight excluding hydrogens is 464 g/mol. The Hall–Kier alpha value is -2.42. The van der Waals surface area contributed by atoms with Crippen LogP contribution in [0.5, 0.6) is 5.75 Å². The Morgan fingerprint density at radius 1 is 1.09 bits per heavy atom. The smallest absolute Gasteiger partial charge is 0.234 e. The largest absolute Gasteiger partial charge is 0.487 e. The summed E-state index contributed by atoms with van der Waals surface area (Å²) in [6.07, 6.45) is 8.19. The molecule has 0 aliphatic carbocycles.